The van der Waals surface area contributed by atoms with Gasteiger partial charge in [0.15, 0.2) is 17.5 Å². The Morgan fingerprint density at radius 2 is 1.81 bits per heavy atom. The van der Waals surface area contributed by atoms with Gasteiger partial charge in [0, 0.05) is 31.9 Å². The van der Waals surface area contributed by atoms with Crippen molar-refractivity contribution in [2.75, 3.05) is 30.4 Å². The number of para-hydroxylation sites is 1. The first-order valence-electron chi connectivity index (χ1n) is 6.59. The standard InChI is InChI=1S/C15H16F3N3/c1-21(11-6-3-2-4-7-11)9-5-8-19-15-13(17)10-12(16)14(18)20-15/h2-4,6-7,10H,5,8-9H2,1H3,(H,19,20). The summed E-state index contributed by atoms with van der Waals surface area (Å²) in [6, 6.07) is 10.3. The molecule has 0 unspecified atom stereocenters. The molecule has 0 spiro atoms. The van der Waals surface area contributed by atoms with Gasteiger partial charge in [-0.05, 0) is 18.6 Å². The number of benzene rings is 1. The summed E-state index contributed by atoms with van der Waals surface area (Å²) in [5.41, 5.74) is 1.08. The lowest BCUT2D eigenvalue weighted by Crippen LogP contribution is -2.21. The summed E-state index contributed by atoms with van der Waals surface area (Å²) in [6.07, 6.45) is 0.700. The van der Waals surface area contributed by atoms with Gasteiger partial charge in [0.2, 0.25) is 0 Å². The van der Waals surface area contributed by atoms with Gasteiger partial charge < -0.3 is 10.2 Å². The summed E-state index contributed by atoms with van der Waals surface area (Å²) >= 11 is 0. The molecule has 0 saturated carbocycles. The molecule has 1 aromatic carbocycles. The topological polar surface area (TPSA) is 28.2 Å². The summed E-state index contributed by atoms with van der Waals surface area (Å²) in [5.74, 6) is -3.76. The highest BCUT2D eigenvalue weighted by atomic mass is 19.2. The Morgan fingerprint density at radius 1 is 1.10 bits per heavy atom. The summed E-state index contributed by atoms with van der Waals surface area (Å²) in [6.45, 7) is 1.15. The number of hydrogen-bond acceptors (Lipinski definition) is 3. The number of aromatic nitrogens is 1. The zero-order valence-electron chi connectivity index (χ0n) is 11.6. The van der Waals surface area contributed by atoms with E-state index in [1.54, 1.807) is 0 Å². The van der Waals surface area contributed by atoms with Crippen LogP contribution >= 0.6 is 0 Å². The van der Waals surface area contributed by atoms with Crippen molar-refractivity contribution in [2.45, 2.75) is 6.42 Å². The average Bonchev–Trinajstić information content (AvgIpc) is 2.49. The van der Waals surface area contributed by atoms with Crippen LogP contribution in [-0.4, -0.2) is 25.1 Å². The fourth-order valence-electron chi connectivity index (χ4n) is 1.90. The quantitative estimate of drug-likeness (QED) is 0.653. The first-order valence-corrected chi connectivity index (χ1v) is 6.59. The van der Waals surface area contributed by atoms with Crippen molar-refractivity contribution in [2.24, 2.45) is 0 Å². The third-order valence-corrected chi connectivity index (χ3v) is 3.05. The maximum absolute atomic E-state index is 13.3. The van der Waals surface area contributed by atoms with E-state index in [4.69, 9.17) is 0 Å². The molecule has 2 aromatic rings. The Bertz CT molecular complexity index is 590. The van der Waals surface area contributed by atoms with E-state index in [2.05, 4.69) is 15.2 Å². The average molecular weight is 295 g/mol. The first-order chi connectivity index (χ1) is 10.1. The van der Waals surface area contributed by atoms with Gasteiger partial charge in [-0.1, -0.05) is 18.2 Å². The first kappa shape index (κ1) is 15.2. The smallest absolute Gasteiger partial charge is 0.251 e. The molecule has 0 saturated heterocycles. The minimum atomic E-state index is -1.31. The lowest BCUT2D eigenvalue weighted by Gasteiger charge is -2.19. The number of halogens is 3. The van der Waals surface area contributed by atoms with E-state index >= 15 is 0 Å². The molecule has 0 bridgehead atoms. The predicted octanol–water partition coefficient (Wildman–Crippen LogP) is 3.44. The van der Waals surface area contributed by atoms with Gasteiger partial charge in [-0.25, -0.2) is 8.78 Å². The van der Waals surface area contributed by atoms with Crippen molar-refractivity contribution in [3.05, 3.63) is 54.0 Å². The molecule has 0 aliphatic carbocycles. The Balaban J connectivity index is 1.81. The van der Waals surface area contributed by atoms with Crippen molar-refractivity contribution in [1.82, 2.24) is 4.98 Å². The summed E-state index contributed by atoms with van der Waals surface area (Å²) < 4.78 is 39.0. The molecule has 6 heteroatoms. The lowest BCUT2D eigenvalue weighted by molar-refractivity contribution is 0.466. The highest BCUT2D eigenvalue weighted by Gasteiger charge is 2.11. The number of rotatable bonds is 6. The van der Waals surface area contributed by atoms with E-state index in [1.807, 2.05) is 37.4 Å². The Morgan fingerprint density at radius 3 is 2.52 bits per heavy atom. The maximum Gasteiger partial charge on any atom is 0.251 e. The third kappa shape index (κ3) is 4.11. The van der Waals surface area contributed by atoms with E-state index in [9.17, 15) is 13.2 Å². The second-order valence-electron chi connectivity index (χ2n) is 4.63. The zero-order chi connectivity index (χ0) is 15.2. The van der Waals surface area contributed by atoms with Gasteiger partial charge in [0.1, 0.15) is 0 Å². The van der Waals surface area contributed by atoms with Crippen LogP contribution in [0.3, 0.4) is 0 Å². The van der Waals surface area contributed by atoms with Crippen LogP contribution in [0.2, 0.25) is 0 Å². The lowest BCUT2D eigenvalue weighted by atomic mass is 10.3. The van der Waals surface area contributed by atoms with Gasteiger partial charge in [0.05, 0.1) is 0 Å². The van der Waals surface area contributed by atoms with Crippen LogP contribution in [0.4, 0.5) is 24.7 Å². The molecule has 0 amide bonds. The molecule has 0 aliphatic rings. The van der Waals surface area contributed by atoms with E-state index in [0.29, 0.717) is 19.0 Å². The normalized spacial score (nSPS) is 10.5. The molecule has 1 heterocycles. The van der Waals surface area contributed by atoms with E-state index in [-0.39, 0.29) is 5.82 Å². The molecule has 21 heavy (non-hydrogen) atoms. The van der Waals surface area contributed by atoms with Crippen LogP contribution < -0.4 is 10.2 Å². The highest BCUT2D eigenvalue weighted by molar-refractivity contribution is 5.45. The molecular formula is C15H16F3N3. The zero-order valence-corrected chi connectivity index (χ0v) is 11.6. The van der Waals surface area contributed by atoms with Crippen LogP contribution in [0.25, 0.3) is 0 Å². The van der Waals surface area contributed by atoms with Crippen LogP contribution in [0.15, 0.2) is 36.4 Å². The van der Waals surface area contributed by atoms with E-state index in [1.165, 1.54) is 0 Å². The van der Waals surface area contributed by atoms with E-state index < -0.39 is 17.6 Å². The Hall–Kier alpha value is -2.24. The minimum absolute atomic E-state index is 0.267. The summed E-state index contributed by atoms with van der Waals surface area (Å²) in [7, 11) is 1.95. The van der Waals surface area contributed by atoms with Crippen molar-refractivity contribution < 1.29 is 13.2 Å². The fourth-order valence-corrected chi connectivity index (χ4v) is 1.90. The van der Waals surface area contributed by atoms with E-state index in [0.717, 1.165) is 12.2 Å². The van der Waals surface area contributed by atoms with Crippen molar-refractivity contribution in [3.8, 4) is 0 Å². The minimum Gasteiger partial charge on any atom is -0.375 e. The monoisotopic (exact) mass is 295 g/mol. The molecule has 3 nitrogen and oxygen atoms in total. The van der Waals surface area contributed by atoms with Gasteiger partial charge in [0.25, 0.3) is 5.95 Å². The summed E-state index contributed by atoms with van der Waals surface area (Å²) in [5, 5.41) is 2.67. The van der Waals surface area contributed by atoms with Crippen molar-refractivity contribution in [3.63, 3.8) is 0 Å². The molecule has 0 radical (unpaired) electrons. The molecular weight excluding hydrogens is 279 g/mol. The van der Waals surface area contributed by atoms with Gasteiger partial charge >= 0.3 is 0 Å². The largest absolute Gasteiger partial charge is 0.375 e. The molecule has 1 N–H and O–H groups in total. The van der Waals surface area contributed by atoms with Gasteiger partial charge in [-0.2, -0.15) is 9.37 Å². The molecule has 0 fully saturated rings. The van der Waals surface area contributed by atoms with Crippen LogP contribution in [-0.2, 0) is 0 Å². The van der Waals surface area contributed by atoms with Crippen LogP contribution in [0.1, 0.15) is 6.42 Å². The number of nitrogens with zero attached hydrogens (tertiary/aromatic N) is 2. The SMILES string of the molecule is CN(CCCNc1nc(F)c(F)cc1F)c1ccccc1. The van der Waals surface area contributed by atoms with Gasteiger partial charge in [-0.3, -0.25) is 0 Å². The van der Waals surface area contributed by atoms with Crippen molar-refractivity contribution >= 4 is 11.5 Å². The highest BCUT2D eigenvalue weighted by Crippen LogP contribution is 2.14. The Labute approximate surface area is 121 Å². The predicted molar refractivity (Wildman–Crippen MR) is 76.9 cm³/mol. The molecule has 1 aromatic heterocycles. The molecule has 2 rings (SSSR count). The van der Waals surface area contributed by atoms with Crippen LogP contribution in [0, 0.1) is 17.6 Å². The molecule has 0 atom stereocenters. The number of pyridine rings is 1. The van der Waals surface area contributed by atoms with Crippen molar-refractivity contribution in [1.29, 1.82) is 0 Å². The fraction of sp³-hybridized carbons (Fsp3) is 0.267. The second-order valence-corrected chi connectivity index (χ2v) is 4.63. The second kappa shape index (κ2) is 6.97. The van der Waals surface area contributed by atoms with Gasteiger partial charge in [-0.15, -0.1) is 0 Å². The number of hydrogen-bond donors (Lipinski definition) is 1. The number of anilines is 2. The molecule has 112 valence electrons. The Kier molecular flexibility index (Phi) is 5.03. The van der Waals surface area contributed by atoms with Crippen LogP contribution in [0.5, 0.6) is 0 Å². The number of nitrogens with one attached hydrogen (secondary N) is 1. The summed E-state index contributed by atoms with van der Waals surface area (Å²) in [4.78, 5) is 5.26. The molecule has 0 aliphatic heterocycles. The maximum atomic E-state index is 13.3. The third-order valence-electron chi connectivity index (χ3n) is 3.05.